The van der Waals surface area contributed by atoms with Crippen LogP contribution in [0.4, 0.5) is 0 Å². The Morgan fingerprint density at radius 1 is 1.38 bits per heavy atom. The molecule has 2 aliphatic rings. The van der Waals surface area contributed by atoms with E-state index in [-0.39, 0.29) is 43.3 Å². The smallest absolute Gasteiger partial charge is 0.316 e. The molecule has 9 heteroatoms. The Kier molecular flexibility index (Phi) is 4.74. The summed E-state index contributed by atoms with van der Waals surface area (Å²) >= 11 is 0. The van der Waals surface area contributed by atoms with Gasteiger partial charge in [-0.3, -0.25) is 4.79 Å². The summed E-state index contributed by atoms with van der Waals surface area (Å²) < 4.78 is 30.3. The third-order valence-corrected chi connectivity index (χ3v) is 8.33. The molecule has 0 N–H and O–H groups in total. The summed E-state index contributed by atoms with van der Waals surface area (Å²) in [6.07, 6.45) is 2.08. The largest absolute Gasteiger partial charge is 0.463 e. The summed E-state index contributed by atoms with van der Waals surface area (Å²) in [6.45, 7) is 2.28. The number of carbonyl (C=O) groups is 1. The van der Waals surface area contributed by atoms with E-state index >= 15 is 0 Å². The fourth-order valence-electron chi connectivity index (χ4n) is 4.03. The van der Waals surface area contributed by atoms with Gasteiger partial charge in [0.15, 0.2) is 9.84 Å². The van der Waals surface area contributed by atoms with Gasteiger partial charge in [0.1, 0.15) is 4.75 Å². The highest BCUT2D eigenvalue weighted by molar-refractivity contribution is 7.93. The Hall–Kier alpha value is -2.99. The van der Waals surface area contributed by atoms with Crippen LogP contribution in [0.1, 0.15) is 28.0 Å². The quantitative estimate of drug-likeness (QED) is 0.745. The second kappa shape index (κ2) is 7.12. The first-order valence-corrected chi connectivity index (χ1v) is 10.9. The minimum absolute atomic E-state index is 0.0850. The third-order valence-electron chi connectivity index (χ3n) is 5.73. The van der Waals surface area contributed by atoms with E-state index in [0.29, 0.717) is 17.5 Å². The lowest BCUT2D eigenvalue weighted by Crippen LogP contribution is -2.68. The van der Waals surface area contributed by atoms with Gasteiger partial charge >= 0.3 is 6.01 Å². The van der Waals surface area contributed by atoms with Crippen molar-refractivity contribution in [3.8, 4) is 12.1 Å². The Morgan fingerprint density at radius 3 is 2.90 bits per heavy atom. The Bertz CT molecular complexity index is 1100. The lowest BCUT2D eigenvalue weighted by atomic mass is 9.83. The first kappa shape index (κ1) is 19.3. The van der Waals surface area contributed by atoms with Gasteiger partial charge in [-0.15, -0.1) is 0 Å². The minimum atomic E-state index is -3.34. The highest BCUT2D eigenvalue weighted by Crippen LogP contribution is 2.45. The van der Waals surface area contributed by atoms with Gasteiger partial charge in [0.25, 0.3) is 5.91 Å². The highest BCUT2D eigenvalue weighted by Gasteiger charge is 2.62. The van der Waals surface area contributed by atoms with Gasteiger partial charge in [0.05, 0.1) is 24.0 Å². The molecule has 3 heterocycles. The number of nitriles is 1. The number of carbonyl (C=O) groups excluding carboxylic acids is 1. The van der Waals surface area contributed by atoms with Crippen LogP contribution < -0.4 is 4.74 Å². The van der Waals surface area contributed by atoms with Crippen molar-refractivity contribution in [3.05, 3.63) is 53.3 Å². The summed E-state index contributed by atoms with van der Waals surface area (Å²) in [5.41, 5.74) is 1.54. The zero-order chi connectivity index (χ0) is 20.6. The molecule has 1 spiro atoms. The van der Waals surface area contributed by atoms with Crippen LogP contribution in [0, 0.1) is 24.2 Å². The minimum Gasteiger partial charge on any atom is -0.463 e. The molecule has 2 aromatic rings. The number of aromatic nitrogens is 2. The van der Waals surface area contributed by atoms with Crippen LogP contribution in [-0.2, 0) is 9.84 Å². The van der Waals surface area contributed by atoms with Crippen molar-refractivity contribution in [2.45, 2.75) is 18.1 Å². The molecule has 4 rings (SSSR count). The zero-order valence-corrected chi connectivity index (χ0v) is 16.7. The summed E-state index contributed by atoms with van der Waals surface area (Å²) in [4.78, 5) is 22.5. The number of rotatable bonds is 4. The second-order valence-electron chi connectivity index (χ2n) is 7.51. The van der Waals surface area contributed by atoms with Crippen LogP contribution >= 0.6 is 0 Å². The van der Waals surface area contributed by atoms with Crippen molar-refractivity contribution in [2.75, 3.05) is 25.4 Å². The molecule has 0 saturated carbocycles. The predicted molar refractivity (Wildman–Crippen MR) is 104 cm³/mol. The van der Waals surface area contributed by atoms with Gasteiger partial charge in [-0.1, -0.05) is 6.07 Å². The number of likely N-dealkylation sites (tertiary alicyclic amines) is 1. The molecule has 0 aliphatic carbocycles. The van der Waals surface area contributed by atoms with Gasteiger partial charge in [0, 0.05) is 36.5 Å². The molecule has 2 saturated heterocycles. The summed E-state index contributed by atoms with van der Waals surface area (Å²) in [7, 11) is -3.34. The van der Waals surface area contributed by atoms with E-state index in [2.05, 4.69) is 9.97 Å². The fraction of sp³-hybridized carbons (Fsp3) is 0.400. The molecule has 150 valence electrons. The van der Waals surface area contributed by atoms with E-state index in [1.165, 1.54) is 11.0 Å². The molecule has 0 radical (unpaired) electrons. The van der Waals surface area contributed by atoms with E-state index in [1.807, 2.05) is 13.0 Å². The molecule has 29 heavy (non-hydrogen) atoms. The number of hydrogen-bond donors (Lipinski definition) is 0. The van der Waals surface area contributed by atoms with Gasteiger partial charge in [0.2, 0.25) is 0 Å². The third kappa shape index (κ3) is 3.34. The maximum absolute atomic E-state index is 12.8. The molecule has 1 aromatic heterocycles. The van der Waals surface area contributed by atoms with Crippen LogP contribution in [0.5, 0.6) is 6.01 Å². The summed E-state index contributed by atoms with van der Waals surface area (Å²) in [5.74, 6) is -0.413. The van der Waals surface area contributed by atoms with Crippen molar-refractivity contribution < 1.29 is 17.9 Å². The van der Waals surface area contributed by atoms with Crippen LogP contribution in [-0.4, -0.2) is 59.4 Å². The molecular weight excluding hydrogens is 392 g/mol. The number of benzene rings is 1. The number of ether oxygens (including phenoxy) is 1. The van der Waals surface area contributed by atoms with Crippen molar-refractivity contribution in [2.24, 2.45) is 5.92 Å². The SMILES string of the molecule is Cc1ccnc(OCC2CCS(=O)(=O)C23CN(C(=O)c2cccc(C#N)c2)C3)n1. The van der Waals surface area contributed by atoms with Crippen LogP contribution in [0.3, 0.4) is 0 Å². The van der Waals surface area contributed by atoms with Gasteiger partial charge < -0.3 is 9.64 Å². The Balaban J connectivity index is 1.48. The van der Waals surface area contributed by atoms with E-state index < -0.39 is 14.6 Å². The topological polar surface area (TPSA) is 113 Å². The van der Waals surface area contributed by atoms with E-state index in [1.54, 1.807) is 30.5 Å². The molecule has 1 atom stereocenters. The number of nitrogens with zero attached hydrogens (tertiary/aromatic N) is 4. The first-order valence-electron chi connectivity index (χ1n) is 9.29. The second-order valence-corrected chi connectivity index (χ2v) is 9.97. The van der Waals surface area contributed by atoms with Crippen molar-refractivity contribution >= 4 is 15.7 Å². The monoisotopic (exact) mass is 412 g/mol. The average molecular weight is 412 g/mol. The van der Waals surface area contributed by atoms with Crippen LogP contribution in [0.15, 0.2) is 36.5 Å². The molecule has 2 fully saturated rings. The van der Waals surface area contributed by atoms with Crippen LogP contribution in [0.2, 0.25) is 0 Å². The number of aryl methyl sites for hydroxylation is 1. The van der Waals surface area contributed by atoms with Crippen molar-refractivity contribution in [1.82, 2.24) is 14.9 Å². The molecule has 8 nitrogen and oxygen atoms in total. The summed E-state index contributed by atoms with van der Waals surface area (Å²) in [6, 6.07) is 10.4. The fourth-order valence-corrected chi connectivity index (χ4v) is 6.43. The van der Waals surface area contributed by atoms with E-state index in [4.69, 9.17) is 10.00 Å². The number of hydrogen-bond acceptors (Lipinski definition) is 7. The highest BCUT2D eigenvalue weighted by atomic mass is 32.2. The average Bonchev–Trinajstić information content (AvgIpc) is 2.95. The van der Waals surface area contributed by atoms with Crippen molar-refractivity contribution in [3.63, 3.8) is 0 Å². The van der Waals surface area contributed by atoms with Gasteiger partial charge in [-0.25, -0.2) is 18.4 Å². The summed E-state index contributed by atoms with van der Waals surface area (Å²) in [5, 5.41) is 9.02. The normalized spacial score (nSPS) is 21.4. The first-order chi connectivity index (χ1) is 13.8. The predicted octanol–water partition coefficient (Wildman–Crippen LogP) is 1.36. The maximum Gasteiger partial charge on any atom is 0.316 e. The molecule has 0 bridgehead atoms. The molecule has 1 unspecified atom stereocenters. The number of sulfone groups is 1. The molecular formula is C20H20N4O4S. The Labute approximate surface area is 169 Å². The van der Waals surface area contributed by atoms with Gasteiger partial charge in [-0.2, -0.15) is 5.26 Å². The number of amides is 1. The van der Waals surface area contributed by atoms with E-state index in [0.717, 1.165) is 5.69 Å². The molecule has 1 aromatic carbocycles. The zero-order valence-electron chi connectivity index (χ0n) is 15.9. The lowest BCUT2D eigenvalue weighted by molar-refractivity contribution is 0.0403. The van der Waals surface area contributed by atoms with E-state index in [9.17, 15) is 13.2 Å². The van der Waals surface area contributed by atoms with Crippen molar-refractivity contribution in [1.29, 1.82) is 5.26 Å². The maximum atomic E-state index is 12.8. The molecule has 2 aliphatic heterocycles. The standard InChI is InChI=1S/C20H20N4O4S/c1-14-5-7-22-19(23-14)28-11-17-6-8-29(26,27)20(17)12-24(13-20)18(25)16-4-2-3-15(9-16)10-21/h2-5,7,9,17H,6,8,11-13H2,1H3. The lowest BCUT2D eigenvalue weighted by Gasteiger charge is -2.49. The van der Waals surface area contributed by atoms with Crippen LogP contribution in [0.25, 0.3) is 0 Å². The molecule has 1 amide bonds. The Morgan fingerprint density at radius 2 is 2.17 bits per heavy atom. The van der Waals surface area contributed by atoms with Gasteiger partial charge in [-0.05, 0) is 37.6 Å².